The lowest BCUT2D eigenvalue weighted by molar-refractivity contribution is 0.0700. The quantitative estimate of drug-likeness (QED) is 0.576. The molecule has 0 saturated heterocycles. The number of aliphatic hydroxyl groups excluding tert-OH is 2. The minimum atomic E-state index is -1.06. The molecule has 128 valence electrons. The maximum absolute atomic E-state index is 12.5. The number of nitrogens with one attached hydrogen (secondary N) is 1. The summed E-state index contributed by atoms with van der Waals surface area (Å²) in [6, 6.07) is 12.6. The summed E-state index contributed by atoms with van der Waals surface area (Å²) in [7, 11) is 0. The lowest BCUT2D eigenvalue weighted by Crippen LogP contribution is -2.42. The van der Waals surface area contributed by atoms with Crippen LogP contribution in [0, 0.1) is 0 Å². The Balaban J connectivity index is 2.15. The van der Waals surface area contributed by atoms with Crippen LogP contribution in [0.1, 0.15) is 28.9 Å². The van der Waals surface area contributed by atoms with Crippen LogP contribution in [0.5, 0.6) is 5.75 Å². The van der Waals surface area contributed by atoms with E-state index in [1.54, 1.807) is 48.5 Å². The number of hydrogen-bond donors (Lipinski definition) is 4. The SMILES string of the molecule is CCOc1ccccc1C(=O)NC(CO)C(O)c1ccc(N)cc1. The number of nitrogen functional groups attached to an aromatic ring is 1. The van der Waals surface area contributed by atoms with Gasteiger partial charge in [-0.05, 0) is 36.8 Å². The summed E-state index contributed by atoms with van der Waals surface area (Å²) in [5.74, 6) is 0.0313. The van der Waals surface area contributed by atoms with Crippen LogP contribution in [-0.4, -0.2) is 35.4 Å². The molecule has 6 nitrogen and oxygen atoms in total. The van der Waals surface area contributed by atoms with Gasteiger partial charge >= 0.3 is 0 Å². The monoisotopic (exact) mass is 330 g/mol. The molecular formula is C18H22N2O4. The fraction of sp³-hybridized carbons (Fsp3) is 0.278. The lowest BCUT2D eigenvalue weighted by atomic mass is 10.0. The van der Waals surface area contributed by atoms with Crippen molar-refractivity contribution in [2.75, 3.05) is 18.9 Å². The van der Waals surface area contributed by atoms with E-state index in [2.05, 4.69) is 5.32 Å². The second kappa shape index (κ2) is 8.33. The molecule has 1 amide bonds. The van der Waals surface area contributed by atoms with Crippen molar-refractivity contribution in [1.82, 2.24) is 5.32 Å². The van der Waals surface area contributed by atoms with Gasteiger partial charge in [0.1, 0.15) is 11.9 Å². The van der Waals surface area contributed by atoms with Crippen molar-refractivity contribution >= 4 is 11.6 Å². The Bertz CT molecular complexity index is 673. The van der Waals surface area contributed by atoms with Crippen LogP contribution < -0.4 is 15.8 Å². The number of aliphatic hydroxyl groups is 2. The highest BCUT2D eigenvalue weighted by Gasteiger charge is 2.24. The number of nitrogens with two attached hydrogens (primary N) is 1. The van der Waals surface area contributed by atoms with E-state index in [1.807, 2.05) is 6.92 Å². The number of para-hydroxylation sites is 1. The fourth-order valence-corrected chi connectivity index (χ4v) is 2.33. The van der Waals surface area contributed by atoms with E-state index < -0.39 is 24.7 Å². The van der Waals surface area contributed by atoms with Gasteiger partial charge < -0.3 is 26.0 Å². The summed E-state index contributed by atoms with van der Waals surface area (Å²) in [5.41, 5.74) is 7.10. The number of amides is 1. The van der Waals surface area contributed by atoms with Crippen LogP contribution >= 0.6 is 0 Å². The smallest absolute Gasteiger partial charge is 0.255 e. The van der Waals surface area contributed by atoms with E-state index in [9.17, 15) is 15.0 Å². The van der Waals surface area contributed by atoms with Crippen molar-refractivity contribution in [3.63, 3.8) is 0 Å². The van der Waals surface area contributed by atoms with Gasteiger partial charge in [0, 0.05) is 5.69 Å². The van der Waals surface area contributed by atoms with Crippen molar-refractivity contribution in [2.24, 2.45) is 0 Å². The molecule has 2 rings (SSSR count). The Kier molecular flexibility index (Phi) is 6.17. The van der Waals surface area contributed by atoms with E-state index >= 15 is 0 Å². The van der Waals surface area contributed by atoms with Gasteiger partial charge in [-0.3, -0.25) is 4.79 Å². The van der Waals surface area contributed by atoms with E-state index in [0.717, 1.165) is 0 Å². The third-order valence-electron chi connectivity index (χ3n) is 3.60. The minimum absolute atomic E-state index is 0.349. The third kappa shape index (κ3) is 4.24. The van der Waals surface area contributed by atoms with E-state index in [0.29, 0.717) is 29.2 Å². The number of hydrogen-bond acceptors (Lipinski definition) is 5. The summed E-state index contributed by atoms with van der Waals surface area (Å²) in [5, 5.41) is 22.6. The van der Waals surface area contributed by atoms with Gasteiger partial charge in [0.25, 0.3) is 5.91 Å². The Hall–Kier alpha value is -2.57. The largest absolute Gasteiger partial charge is 0.493 e. The number of anilines is 1. The van der Waals surface area contributed by atoms with Crippen molar-refractivity contribution < 1.29 is 19.7 Å². The summed E-state index contributed by atoms with van der Waals surface area (Å²) < 4.78 is 5.43. The molecule has 0 bridgehead atoms. The van der Waals surface area contributed by atoms with Gasteiger partial charge in [-0.25, -0.2) is 0 Å². The number of rotatable bonds is 7. The van der Waals surface area contributed by atoms with Crippen molar-refractivity contribution in [2.45, 2.75) is 19.1 Å². The summed E-state index contributed by atoms with van der Waals surface area (Å²) in [6.07, 6.45) is -1.06. The van der Waals surface area contributed by atoms with Gasteiger partial charge in [-0.2, -0.15) is 0 Å². The predicted octanol–water partition coefficient (Wildman–Crippen LogP) is 1.49. The fourth-order valence-electron chi connectivity index (χ4n) is 2.33. The van der Waals surface area contributed by atoms with E-state index in [-0.39, 0.29) is 0 Å². The number of ether oxygens (including phenoxy) is 1. The Morgan fingerprint density at radius 1 is 1.21 bits per heavy atom. The Morgan fingerprint density at radius 2 is 1.88 bits per heavy atom. The highest BCUT2D eigenvalue weighted by atomic mass is 16.5. The van der Waals surface area contributed by atoms with Crippen LogP contribution in [0.3, 0.4) is 0 Å². The molecule has 2 atom stereocenters. The molecule has 0 fully saturated rings. The third-order valence-corrected chi connectivity index (χ3v) is 3.60. The standard InChI is InChI=1S/C18H22N2O4/c1-2-24-16-6-4-3-5-14(16)18(23)20-15(11-21)17(22)12-7-9-13(19)10-8-12/h3-10,15,17,21-22H,2,11,19H2,1H3,(H,20,23). The average Bonchev–Trinajstić information content (AvgIpc) is 2.60. The summed E-state index contributed by atoms with van der Waals surface area (Å²) in [4.78, 5) is 12.5. The molecule has 0 heterocycles. The molecule has 5 N–H and O–H groups in total. The van der Waals surface area contributed by atoms with Crippen LogP contribution in [0.15, 0.2) is 48.5 Å². The first-order valence-corrected chi connectivity index (χ1v) is 7.73. The molecule has 0 aliphatic carbocycles. The zero-order chi connectivity index (χ0) is 17.5. The van der Waals surface area contributed by atoms with Crippen molar-refractivity contribution in [3.05, 3.63) is 59.7 Å². The van der Waals surface area contributed by atoms with Gasteiger partial charge in [0.05, 0.1) is 24.8 Å². The Labute approximate surface area is 140 Å². The first kappa shape index (κ1) is 17.8. The van der Waals surface area contributed by atoms with Crippen molar-refractivity contribution in [1.29, 1.82) is 0 Å². The highest BCUT2D eigenvalue weighted by Crippen LogP contribution is 2.21. The van der Waals surface area contributed by atoms with Crippen LogP contribution in [-0.2, 0) is 0 Å². The van der Waals surface area contributed by atoms with Gasteiger partial charge in [0.15, 0.2) is 0 Å². The van der Waals surface area contributed by atoms with Crippen molar-refractivity contribution in [3.8, 4) is 5.75 Å². The first-order chi connectivity index (χ1) is 11.6. The van der Waals surface area contributed by atoms with Crippen LogP contribution in [0.2, 0.25) is 0 Å². The predicted molar refractivity (Wildman–Crippen MR) is 91.8 cm³/mol. The zero-order valence-corrected chi connectivity index (χ0v) is 13.5. The van der Waals surface area contributed by atoms with Gasteiger partial charge in [-0.15, -0.1) is 0 Å². The molecule has 6 heteroatoms. The second-order valence-corrected chi connectivity index (χ2v) is 5.30. The summed E-state index contributed by atoms with van der Waals surface area (Å²) >= 11 is 0. The minimum Gasteiger partial charge on any atom is -0.493 e. The molecule has 2 aromatic carbocycles. The van der Waals surface area contributed by atoms with E-state index in [1.165, 1.54) is 0 Å². The molecule has 0 aliphatic rings. The molecule has 0 saturated carbocycles. The lowest BCUT2D eigenvalue weighted by Gasteiger charge is -2.23. The molecule has 2 aromatic rings. The summed E-state index contributed by atoms with van der Waals surface area (Å²) in [6.45, 7) is 1.85. The topological polar surface area (TPSA) is 105 Å². The normalized spacial score (nSPS) is 13.1. The molecular weight excluding hydrogens is 308 g/mol. The molecule has 0 spiro atoms. The van der Waals surface area contributed by atoms with Crippen LogP contribution in [0.4, 0.5) is 5.69 Å². The number of carbonyl (C=O) groups is 1. The molecule has 0 radical (unpaired) electrons. The first-order valence-electron chi connectivity index (χ1n) is 7.73. The highest BCUT2D eigenvalue weighted by molar-refractivity contribution is 5.97. The zero-order valence-electron chi connectivity index (χ0n) is 13.5. The van der Waals surface area contributed by atoms with Gasteiger partial charge in [0.2, 0.25) is 0 Å². The Morgan fingerprint density at radius 3 is 2.50 bits per heavy atom. The molecule has 0 aliphatic heterocycles. The van der Waals surface area contributed by atoms with E-state index in [4.69, 9.17) is 10.5 Å². The molecule has 24 heavy (non-hydrogen) atoms. The molecule has 2 unspecified atom stereocenters. The number of carbonyl (C=O) groups excluding carboxylic acids is 1. The second-order valence-electron chi connectivity index (χ2n) is 5.30. The van der Waals surface area contributed by atoms with Gasteiger partial charge in [-0.1, -0.05) is 24.3 Å². The van der Waals surface area contributed by atoms with Crippen LogP contribution in [0.25, 0.3) is 0 Å². The average molecular weight is 330 g/mol. The maximum Gasteiger partial charge on any atom is 0.255 e. The number of benzene rings is 2. The maximum atomic E-state index is 12.5. The molecule has 0 aromatic heterocycles.